The highest BCUT2D eigenvalue weighted by Crippen LogP contribution is 2.23. The molecule has 0 atom stereocenters. The number of rotatable bonds is 4. The van der Waals surface area contributed by atoms with E-state index in [1.54, 1.807) is 11.3 Å². The largest absolute Gasteiger partial charge is 0.346 e. The van der Waals surface area contributed by atoms with Crippen LogP contribution in [-0.4, -0.2) is 47.9 Å². The molecule has 2 heterocycles. The van der Waals surface area contributed by atoms with Gasteiger partial charge in [0.15, 0.2) is 5.13 Å². The van der Waals surface area contributed by atoms with Crippen molar-refractivity contribution in [1.82, 2.24) is 9.88 Å². The van der Waals surface area contributed by atoms with E-state index in [1.165, 1.54) is 11.7 Å². The summed E-state index contributed by atoms with van der Waals surface area (Å²) in [4.78, 5) is 9.33. The van der Waals surface area contributed by atoms with Crippen molar-refractivity contribution < 1.29 is 0 Å². The maximum atomic E-state index is 4.37. The normalized spacial score (nSPS) is 18.6. The monoisotopic (exact) mass is 317 g/mol. The Labute approximate surface area is 116 Å². The third-order valence-electron chi connectivity index (χ3n) is 3.08. The Morgan fingerprint density at radius 2 is 2.06 bits per heavy atom. The standard InChI is InChI=1S/C12H20BrN3S/c1-12(2,9-13)10-15-4-6-16(7-5-15)11-14-3-8-17-11/h3,8H,4-7,9-10H2,1-2H3. The van der Waals surface area contributed by atoms with Gasteiger partial charge >= 0.3 is 0 Å². The Morgan fingerprint density at radius 3 is 2.59 bits per heavy atom. The van der Waals surface area contributed by atoms with E-state index in [0.717, 1.165) is 31.5 Å². The van der Waals surface area contributed by atoms with Gasteiger partial charge in [0, 0.05) is 49.6 Å². The lowest BCUT2D eigenvalue weighted by molar-refractivity contribution is 0.186. The molecule has 1 saturated heterocycles. The van der Waals surface area contributed by atoms with Crippen LogP contribution in [-0.2, 0) is 0 Å². The first kappa shape index (κ1) is 13.3. The van der Waals surface area contributed by atoms with Crippen LogP contribution in [0.5, 0.6) is 0 Å². The van der Waals surface area contributed by atoms with Crippen molar-refractivity contribution in [3.8, 4) is 0 Å². The minimum Gasteiger partial charge on any atom is -0.346 e. The number of thiazole rings is 1. The van der Waals surface area contributed by atoms with Crippen molar-refractivity contribution in [2.24, 2.45) is 5.41 Å². The van der Waals surface area contributed by atoms with Gasteiger partial charge in [0.1, 0.15) is 0 Å². The molecule has 0 N–H and O–H groups in total. The van der Waals surface area contributed by atoms with Gasteiger partial charge in [0.05, 0.1) is 0 Å². The highest BCUT2D eigenvalue weighted by molar-refractivity contribution is 9.09. The third kappa shape index (κ3) is 3.66. The van der Waals surface area contributed by atoms with Gasteiger partial charge in [0.2, 0.25) is 0 Å². The number of halogens is 1. The van der Waals surface area contributed by atoms with Gasteiger partial charge in [-0.15, -0.1) is 11.3 Å². The van der Waals surface area contributed by atoms with Gasteiger partial charge in [-0.1, -0.05) is 29.8 Å². The summed E-state index contributed by atoms with van der Waals surface area (Å²) in [5, 5.41) is 4.28. The van der Waals surface area contributed by atoms with E-state index in [1.807, 2.05) is 6.20 Å². The van der Waals surface area contributed by atoms with Crippen LogP contribution in [0, 0.1) is 5.41 Å². The van der Waals surface area contributed by atoms with Gasteiger partial charge in [-0.05, 0) is 5.41 Å². The number of aromatic nitrogens is 1. The SMILES string of the molecule is CC(C)(CBr)CN1CCN(c2nccs2)CC1. The fourth-order valence-corrected chi connectivity index (χ4v) is 2.99. The first-order valence-electron chi connectivity index (χ1n) is 6.03. The maximum absolute atomic E-state index is 4.37. The third-order valence-corrected chi connectivity index (χ3v) is 5.43. The van der Waals surface area contributed by atoms with Gasteiger partial charge in [-0.3, -0.25) is 4.90 Å². The second-order valence-electron chi connectivity index (χ2n) is 5.38. The number of hydrogen-bond donors (Lipinski definition) is 0. The van der Waals surface area contributed by atoms with E-state index in [9.17, 15) is 0 Å². The molecule has 0 unspecified atom stereocenters. The molecule has 0 amide bonds. The first-order valence-corrected chi connectivity index (χ1v) is 8.04. The molecule has 1 aromatic rings. The molecule has 2 rings (SSSR count). The zero-order valence-electron chi connectivity index (χ0n) is 10.5. The first-order chi connectivity index (χ1) is 8.11. The second-order valence-corrected chi connectivity index (χ2v) is 6.81. The van der Waals surface area contributed by atoms with Crippen molar-refractivity contribution in [3.63, 3.8) is 0 Å². The van der Waals surface area contributed by atoms with E-state index < -0.39 is 0 Å². The number of hydrogen-bond acceptors (Lipinski definition) is 4. The molecule has 0 aliphatic carbocycles. The van der Waals surface area contributed by atoms with Crippen molar-refractivity contribution >= 4 is 32.4 Å². The molecule has 1 aromatic heterocycles. The molecule has 1 aliphatic heterocycles. The van der Waals surface area contributed by atoms with Crippen LogP contribution in [0.25, 0.3) is 0 Å². The molecular formula is C12H20BrN3S. The summed E-state index contributed by atoms with van der Waals surface area (Å²) in [5.74, 6) is 0. The Bertz CT molecular complexity index is 332. The molecule has 96 valence electrons. The van der Waals surface area contributed by atoms with Crippen LogP contribution < -0.4 is 4.90 Å². The van der Waals surface area contributed by atoms with Crippen LogP contribution >= 0.6 is 27.3 Å². The van der Waals surface area contributed by atoms with E-state index in [2.05, 4.69) is 49.9 Å². The predicted octanol–water partition coefficient (Wildman–Crippen LogP) is 2.69. The Morgan fingerprint density at radius 1 is 1.35 bits per heavy atom. The minimum atomic E-state index is 0.364. The lowest BCUT2D eigenvalue weighted by Gasteiger charge is -2.38. The fraction of sp³-hybridized carbons (Fsp3) is 0.750. The fourth-order valence-electron chi connectivity index (χ4n) is 2.12. The molecular weight excluding hydrogens is 298 g/mol. The van der Waals surface area contributed by atoms with Crippen LogP contribution in [0.4, 0.5) is 5.13 Å². The second kappa shape index (κ2) is 5.67. The van der Waals surface area contributed by atoms with Crippen molar-refractivity contribution in [2.75, 3.05) is 43.0 Å². The number of anilines is 1. The molecule has 0 aromatic carbocycles. The quantitative estimate of drug-likeness (QED) is 0.796. The van der Waals surface area contributed by atoms with Crippen molar-refractivity contribution in [1.29, 1.82) is 0 Å². The predicted molar refractivity (Wildman–Crippen MR) is 78.3 cm³/mol. The maximum Gasteiger partial charge on any atom is 0.185 e. The van der Waals surface area contributed by atoms with Gasteiger partial charge in [-0.2, -0.15) is 0 Å². The summed E-state index contributed by atoms with van der Waals surface area (Å²) in [6.07, 6.45) is 1.89. The molecule has 17 heavy (non-hydrogen) atoms. The minimum absolute atomic E-state index is 0.364. The number of piperazine rings is 1. The Balaban J connectivity index is 1.82. The molecule has 5 heteroatoms. The smallest absolute Gasteiger partial charge is 0.185 e. The summed E-state index contributed by atoms with van der Waals surface area (Å²) >= 11 is 5.33. The Hall–Kier alpha value is -0.130. The van der Waals surface area contributed by atoms with Gasteiger partial charge in [-0.25, -0.2) is 4.98 Å². The summed E-state index contributed by atoms with van der Waals surface area (Å²) in [6.45, 7) is 10.3. The lowest BCUT2D eigenvalue weighted by Crippen LogP contribution is -2.49. The average molecular weight is 318 g/mol. The zero-order valence-corrected chi connectivity index (χ0v) is 12.9. The summed E-state index contributed by atoms with van der Waals surface area (Å²) in [6, 6.07) is 0. The van der Waals surface area contributed by atoms with Gasteiger partial charge in [0.25, 0.3) is 0 Å². The molecule has 3 nitrogen and oxygen atoms in total. The van der Waals surface area contributed by atoms with Crippen molar-refractivity contribution in [3.05, 3.63) is 11.6 Å². The van der Waals surface area contributed by atoms with Gasteiger partial charge < -0.3 is 4.90 Å². The average Bonchev–Trinajstić information content (AvgIpc) is 2.83. The van der Waals surface area contributed by atoms with Crippen molar-refractivity contribution in [2.45, 2.75) is 13.8 Å². The molecule has 0 radical (unpaired) electrons. The van der Waals surface area contributed by atoms with Crippen LogP contribution in [0.3, 0.4) is 0 Å². The van der Waals surface area contributed by atoms with E-state index >= 15 is 0 Å². The topological polar surface area (TPSA) is 19.4 Å². The van der Waals surface area contributed by atoms with Crippen LogP contribution in [0.2, 0.25) is 0 Å². The van der Waals surface area contributed by atoms with Crippen LogP contribution in [0.15, 0.2) is 11.6 Å². The van der Waals surface area contributed by atoms with E-state index in [-0.39, 0.29) is 0 Å². The molecule has 0 saturated carbocycles. The van der Waals surface area contributed by atoms with Crippen LogP contribution in [0.1, 0.15) is 13.8 Å². The van der Waals surface area contributed by atoms with E-state index in [4.69, 9.17) is 0 Å². The number of alkyl halides is 1. The lowest BCUT2D eigenvalue weighted by atomic mass is 9.95. The highest BCUT2D eigenvalue weighted by atomic mass is 79.9. The Kier molecular flexibility index (Phi) is 4.44. The number of nitrogens with zero attached hydrogens (tertiary/aromatic N) is 3. The summed E-state index contributed by atoms with van der Waals surface area (Å²) in [5.41, 5.74) is 0.364. The summed E-state index contributed by atoms with van der Waals surface area (Å²) < 4.78 is 0. The molecule has 1 fully saturated rings. The zero-order chi connectivity index (χ0) is 12.3. The van der Waals surface area contributed by atoms with E-state index in [0.29, 0.717) is 5.41 Å². The highest BCUT2D eigenvalue weighted by Gasteiger charge is 2.24. The molecule has 1 aliphatic rings. The molecule has 0 bridgehead atoms. The summed E-state index contributed by atoms with van der Waals surface area (Å²) in [7, 11) is 0. The molecule has 0 spiro atoms.